The first-order valence-electron chi connectivity index (χ1n) is 8.97. The Hall–Kier alpha value is -1.86. The molecule has 0 unspecified atom stereocenters. The first-order chi connectivity index (χ1) is 12.2. The summed E-state index contributed by atoms with van der Waals surface area (Å²) in [5, 5.41) is 0. The number of methoxy groups -OCH3 is 1. The van der Waals surface area contributed by atoms with Crippen molar-refractivity contribution in [1.82, 2.24) is 14.7 Å². The zero-order chi connectivity index (χ0) is 17.6. The summed E-state index contributed by atoms with van der Waals surface area (Å²) in [4.78, 5) is 30.5. The fraction of sp³-hybridized carbons (Fsp3) is 0.667. The fourth-order valence-corrected chi connectivity index (χ4v) is 3.11. The average Bonchev–Trinajstić information content (AvgIpc) is 3.36. The van der Waals surface area contributed by atoms with Crippen LogP contribution in [0.4, 0.5) is 0 Å². The molecule has 0 atom stereocenters. The maximum atomic E-state index is 12.6. The number of nitrogens with zero attached hydrogens (tertiary/aromatic N) is 3. The number of carbonyl (C=O) groups is 2. The van der Waals surface area contributed by atoms with Gasteiger partial charge in [-0.25, -0.2) is 0 Å². The second-order valence-corrected chi connectivity index (χ2v) is 6.76. The monoisotopic (exact) mass is 349 g/mol. The first-order valence-corrected chi connectivity index (χ1v) is 8.97. The summed E-state index contributed by atoms with van der Waals surface area (Å²) < 4.78 is 10.5. The summed E-state index contributed by atoms with van der Waals surface area (Å²) in [6, 6.07) is 3.76. The molecule has 3 rings (SSSR count). The van der Waals surface area contributed by atoms with Crippen LogP contribution in [0.1, 0.15) is 18.6 Å². The van der Waals surface area contributed by atoms with Gasteiger partial charge in [0.1, 0.15) is 5.76 Å². The molecule has 0 spiro atoms. The third-order valence-corrected chi connectivity index (χ3v) is 4.80. The van der Waals surface area contributed by atoms with Gasteiger partial charge in [-0.15, -0.1) is 0 Å². The second-order valence-electron chi connectivity index (χ2n) is 6.76. The van der Waals surface area contributed by atoms with Crippen LogP contribution in [0.2, 0.25) is 0 Å². The molecule has 0 radical (unpaired) electrons. The van der Waals surface area contributed by atoms with E-state index in [-0.39, 0.29) is 17.7 Å². The van der Waals surface area contributed by atoms with E-state index in [1.165, 1.54) is 0 Å². The quantitative estimate of drug-likeness (QED) is 0.695. The molecule has 0 aromatic carbocycles. The summed E-state index contributed by atoms with van der Waals surface area (Å²) in [7, 11) is 1.66. The molecule has 1 aromatic rings. The molecule has 2 aliphatic rings. The van der Waals surface area contributed by atoms with E-state index in [1.54, 1.807) is 13.4 Å². The Bertz CT molecular complexity index is 563. The van der Waals surface area contributed by atoms with E-state index in [1.807, 2.05) is 26.8 Å². The molecule has 138 valence electrons. The minimum Gasteiger partial charge on any atom is -0.468 e. The van der Waals surface area contributed by atoms with E-state index >= 15 is 0 Å². The van der Waals surface area contributed by atoms with E-state index in [9.17, 15) is 9.59 Å². The zero-order valence-electron chi connectivity index (χ0n) is 14.9. The lowest BCUT2D eigenvalue weighted by Gasteiger charge is -2.36. The Kier molecular flexibility index (Phi) is 6.09. The Labute approximate surface area is 148 Å². The van der Waals surface area contributed by atoms with E-state index in [0.717, 1.165) is 18.6 Å². The van der Waals surface area contributed by atoms with Crippen LogP contribution in [-0.2, 0) is 20.9 Å². The molecule has 7 heteroatoms. The lowest BCUT2D eigenvalue weighted by atomic mass is 10.2. The molecular weight excluding hydrogens is 322 g/mol. The number of amides is 2. The number of piperazine rings is 1. The number of hydrogen-bond acceptors (Lipinski definition) is 5. The minimum atomic E-state index is 0.0983. The number of carbonyl (C=O) groups excluding carboxylic acids is 2. The Morgan fingerprint density at radius 3 is 2.56 bits per heavy atom. The maximum Gasteiger partial charge on any atom is 0.236 e. The zero-order valence-corrected chi connectivity index (χ0v) is 14.9. The largest absolute Gasteiger partial charge is 0.468 e. The normalized spacial score (nSPS) is 18.0. The molecule has 0 N–H and O–H groups in total. The second kappa shape index (κ2) is 8.49. The lowest BCUT2D eigenvalue weighted by Crippen LogP contribution is -2.53. The van der Waals surface area contributed by atoms with Crippen molar-refractivity contribution in [2.24, 2.45) is 5.92 Å². The molecule has 2 fully saturated rings. The van der Waals surface area contributed by atoms with E-state index in [4.69, 9.17) is 9.15 Å². The summed E-state index contributed by atoms with van der Waals surface area (Å²) in [6.07, 6.45) is 3.69. The highest BCUT2D eigenvalue weighted by Gasteiger charge is 2.35. The van der Waals surface area contributed by atoms with Gasteiger partial charge in [0.25, 0.3) is 0 Å². The van der Waals surface area contributed by atoms with Crippen molar-refractivity contribution < 1.29 is 18.7 Å². The smallest absolute Gasteiger partial charge is 0.236 e. The van der Waals surface area contributed by atoms with Crippen molar-refractivity contribution >= 4 is 11.8 Å². The number of rotatable bonds is 8. The molecular formula is C18H27N3O4. The van der Waals surface area contributed by atoms with E-state index in [2.05, 4.69) is 0 Å². The fourth-order valence-electron chi connectivity index (χ4n) is 3.11. The van der Waals surface area contributed by atoms with Gasteiger partial charge < -0.3 is 19.0 Å². The van der Waals surface area contributed by atoms with Gasteiger partial charge in [-0.05, 0) is 25.0 Å². The predicted octanol–water partition coefficient (Wildman–Crippen LogP) is 0.809. The maximum absolute atomic E-state index is 12.6. The van der Waals surface area contributed by atoms with Crippen LogP contribution in [0, 0.1) is 5.92 Å². The first kappa shape index (κ1) is 17.9. The van der Waals surface area contributed by atoms with Crippen LogP contribution in [0.3, 0.4) is 0 Å². The van der Waals surface area contributed by atoms with Crippen LogP contribution >= 0.6 is 0 Å². The van der Waals surface area contributed by atoms with Crippen molar-refractivity contribution in [2.75, 3.05) is 53.0 Å². The van der Waals surface area contributed by atoms with Crippen LogP contribution in [-0.4, -0.2) is 79.5 Å². The van der Waals surface area contributed by atoms with Crippen LogP contribution in [0.5, 0.6) is 0 Å². The van der Waals surface area contributed by atoms with Crippen molar-refractivity contribution in [3.8, 4) is 0 Å². The average molecular weight is 349 g/mol. The predicted molar refractivity (Wildman–Crippen MR) is 91.7 cm³/mol. The summed E-state index contributed by atoms with van der Waals surface area (Å²) in [5.74, 6) is 1.46. The van der Waals surface area contributed by atoms with Crippen molar-refractivity contribution in [2.45, 2.75) is 19.4 Å². The summed E-state index contributed by atoms with van der Waals surface area (Å²) >= 11 is 0. The molecule has 1 aliphatic carbocycles. The van der Waals surface area contributed by atoms with E-state index in [0.29, 0.717) is 52.4 Å². The van der Waals surface area contributed by atoms with Gasteiger partial charge in [0.05, 0.1) is 26.0 Å². The van der Waals surface area contributed by atoms with Gasteiger partial charge in [-0.3, -0.25) is 14.5 Å². The molecule has 1 aromatic heterocycles. The molecule has 1 saturated carbocycles. The van der Waals surface area contributed by atoms with Crippen LogP contribution < -0.4 is 0 Å². The van der Waals surface area contributed by atoms with E-state index < -0.39 is 0 Å². The SMILES string of the molecule is COCCN(CC(=O)N1CCN(C(=O)C2CC2)CC1)Cc1ccco1. The third kappa shape index (κ3) is 5.06. The molecule has 2 heterocycles. The third-order valence-electron chi connectivity index (χ3n) is 4.80. The highest BCUT2D eigenvalue weighted by molar-refractivity contribution is 5.82. The Balaban J connectivity index is 1.48. The highest BCUT2D eigenvalue weighted by Crippen LogP contribution is 2.31. The molecule has 2 amide bonds. The van der Waals surface area contributed by atoms with Gasteiger partial charge >= 0.3 is 0 Å². The van der Waals surface area contributed by atoms with Gasteiger partial charge in [-0.2, -0.15) is 0 Å². The molecule has 1 aliphatic heterocycles. The molecule has 25 heavy (non-hydrogen) atoms. The summed E-state index contributed by atoms with van der Waals surface area (Å²) in [5.41, 5.74) is 0. The molecule has 1 saturated heterocycles. The van der Waals surface area contributed by atoms with Crippen molar-refractivity contribution in [3.05, 3.63) is 24.2 Å². The standard InChI is InChI=1S/C18H27N3O4/c1-24-12-10-19(13-16-3-2-11-25-16)14-17(22)20-6-8-21(9-7-20)18(23)15-4-5-15/h2-3,11,15H,4-10,12-14H2,1H3. The Morgan fingerprint density at radius 1 is 1.24 bits per heavy atom. The van der Waals surface area contributed by atoms with Gasteiger partial charge in [0.2, 0.25) is 11.8 Å². The van der Waals surface area contributed by atoms with Gasteiger partial charge in [-0.1, -0.05) is 0 Å². The minimum absolute atomic E-state index is 0.0983. The summed E-state index contributed by atoms with van der Waals surface area (Å²) in [6.45, 7) is 4.70. The number of hydrogen-bond donors (Lipinski definition) is 0. The number of furan rings is 1. The molecule has 7 nitrogen and oxygen atoms in total. The lowest BCUT2D eigenvalue weighted by molar-refractivity contribution is -0.141. The van der Waals surface area contributed by atoms with Crippen molar-refractivity contribution in [1.29, 1.82) is 0 Å². The van der Waals surface area contributed by atoms with Crippen molar-refractivity contribution in [3.63, 3.8) is 0 Å². The van der Waals surface area contributed by atoms with Gasteiger partial charge in [0.15, 0.2) is 0 Å². The Morgan fingerprint density at radius 2 is 1.96 bits per heavy atom. The van der Waals surface area contributed by atoms with Crippen LogP contribution in [0.15, 0.2) is 22.8 Å². The topological polar surface area (TPSA) is 66.2 Å². The van der Waals surface area contributed by atoms with Crippen LogP contribution in [0.25, 0.3) is 0 Å². The van der Waals surface area contributed by atoms with Gasteiger partial charge in [0, 0.05) is 45.8 Å². The highest BCUT2D eigenvalue weighted by atomic mass is 16.5. The molecule has 0 bridgehead atoms. The number of ether oxygens (including phenoxy) is 1.